The number of rotatable bonds is 8. The predicted molar refractivity (Wildman–Crippen MR) is 90.4 cm³/mol. The molecule has 6 heteroatoms. The summed E-state index contributed by atoms with van der Waals surface area (Å²) in [6, 6.07) is 9.88. The van der Waals surface area contributed by atoms with Crippen molar-refractivity contribution in [3.8, 4) is 0 Å². The highest BCUT2D eigenvalue weighted by Crippen LogP contribution is 2.09. The molecule has 0 N–H and O–H groups in total. The highest BCUT2D eigenvalue weighted by atomic mass is 16.6. The third kappa shape index (κ3) is 8.08. The van der Waals surface area contributed by atoms with Gasteiger partial charge < -0.3 is 14.2 Å². The molecule has 1 atom stereocenters. The van der Waals surface area contributed by atoms with E-state index in [-0.39, 0.29) is 6.61 Å². The topological polar surface area (TPSA) is 65.1 Å². The number of carbonyl (C=O) groups is 2. The summed E-state index contributed by atoms with van der Waals surface area (Å²) >= 11 is 0. The maximum absolute atomic E-state index is 11.9. The molecule has 134 valence electrons. The molecule has 0 spiro atoms. The summed E-state index contributed by atoms with van der Waals surface area (Å²) in [5.74, 6) is -1.03. The quantitative estimate of drug-likeness (QED) is 0.676. The molecule has 0 bridgehead atoms. The van der Waals surface area contributed by atoms with Crippen LogP contribution in [0.2, 0.25) is 0 Å². The SMILES string of the molecule is COC(=O)[C@@H](CN(C)Cc1ccccc1)OCC(=O)OC(C)(C)C. The zero-order chi connectivity index (χ0) is 18.2. The predicted octanol–water partition coefficient (Wildman–Crippen LogP) is 2.02. The van der Waals surface area contributed by atoms with E-state index >= 15 is 0 Å². The van der Waals surface area contributed by atoms with Crippen molar-refractivity contribution in [3.63, 3.8) is 0 Å². The number of hydrogen-bond acceptors (Lipinski definition) is 6. The molecule has 0 heterocycles. The maximum Gasteiger partial charge on any atom is 0.336 e. The van der Waals surface area contributed by atoms with Crippen LogP contribution in [0.15, 0.2) is 30.3 Å². The first kappa shape index (κ1) is 20.1. The Hall–Kier alpha value is -1.92. The molecule has 0 amide bonds. The average molecular weight is 337 g/mol. The average Bonchev–Trinajstić information content (AvgIpc) is 2.49. The first-order chi connectivity index (χ1) is 11.2. The lowest BCUT2D eigenvalue weighted by molar-refractivity contribution is -0.168. The van der Waals surface area contributed by atoms with E-state index in [1.165, 1.54) is 7.11 Å². The van der Waals surface area contributed by atoms with Crippen LogP contribution >= 0.6 is 0 Å². The van der Waals surface area contributed by atoms with Crippen molar-refractivity contribution in [2.75, 3.05) is 27.3 Å². The summed E-state index contributed by atoms with van der Waals surface area (Å²) in [5, 5.41) is 0. The second-order valence-corrected chi connectivity index (χ2v) is 6.59. The van der Waals surface area contributed by atoms with Gasteiger partial charge in [0.05, 0.1) is 7.11 Å². The van der Waals surface area contributed by atoms with Gasteiger partial charge in [0.1, 0.15) is 12.2 Å². The molecule has 0 unspecified atom stereocenters. The fourth-order valence-electron chi connectivity index (χ4n) is 2.11. The normalized spacial score (nSPS) is 12.8. The molecule has 0 radical (unpaired) electrons. The summed E-state index contributed by atoms with van der Waals surface area (Å²) in [6.45, 7) is 5.99. The Labute approximate surface area is 143 Å². The molecule has 0 fully saturated rings. The molecule has 0 saturated heterocycles. The van der Waals surface area contributed by atoms with Crippen molar-refractivity contribution >= 4 is 11.9 Å². The summed E-state index contributed by atoms with van der Waals surface area (Å²) in [4.78, 5) is 25.5. The number of benzene rings is 1. The van der Waals surface area contributed by atoms with Gasteiger partial charge in [0.25, 0.3) is 0 Å². The number of nitrogens with zero attached hydrogens (tertiary/aromatic N) is 1. The molecular weight excluding hydrogens is 310 g/mol. The minimum atomic E-state index is -0.851. The molecule has 0 aliphatic heterocycles. The maximum atomic E-state index is 11.9. The first-order valence-corrected chi connectivity index (χ1v) is 7.85. The van der Waals surface area contributed by atoms with Gasteiger partial charge in [-0.25, -0.2) is 9.59 Å². The molecule has 1 aromatic rings. The van der Waals surface area contributed by atoms with Crippen LogP contribution < -0.4 is 0 Å². The minimum Gasteiger partial charge on any atom is -0.467 e. The van der Waals surface area contributed by atoms with Crippen LogP contribution in [-0.2, 0) is 30.3 Å². The van der Waals surface area contributed by atoms with Crippen molar-refractivity contribution in [1.82, 2.24) is 4.90 Å². The van der Waals surface area contributed by atoms with Crippen LogP contribution in [-0.4, -0.2) is 55.9 Å². The Morgan fingerprint density at radius 2 is 1.79 bits per heavy atom. The van der Waals surface area contributed by atoms with Crippen LogP contribution in [0, 0.1) is 0 Å². The van der Waals surface area contributed by atoms with Crippen LogP contribution in [0.3, 0.4) is 0 Å². The molecule has 0 aromatic heterocycles. The molecule has 0 aliphatic rings. The number of esters is 2. The highest BCUT2D eigenvalue weighted by Gasteiger charge is 2.24. The number of ether oxygens (including phenoxy) is 3. The van der Waals surface area contributed by atoms with Gasteiger partial charge in [0.15, 0.2) is 6.10 Å². The third-order valence-electron chi connectivity index (χ3n) is 3.06. The van der Waals surface area contributed by atoms with E-state index < -0.39 is 23.6 Å². The fraction of sp³-hybridized carbons (Fsp3) is 0.556. The van der Waals surface area contributed by atoms with Crippen molar-refractivity contribution in [2.24, 2.45) is 0 Å². The summed E-state index contributed by atoms with van der Waals surface area (Å²) in [6.07, 6.45) is -0.851. The molecule has 6 nitrogen and oxygen atoms in total. The van der Waals surface area contributed by atoms with Crippen molar-refractivity contribution in [1.29, 1.82) is 0 Å². The fourth-order valence-corrected chi connectivity index (χ4v) is 2.11. The van der Waals surface area contributed by atoms with Gasteiger partial charge in [-0.05, 0) is 33.4 Å². The zero-order valence-corrected chi connectivity index (χ0v) is 15.1. The van der Waals surface area contributed by atoms with Gasteiger partial charge >= 0.3 is 11.9 Å². The number of hydrogen-bond donors (Lipinski definition) is 0. The van der Waals surface area contributed by atoms with Gasteiger partial charge in [-0.3, -0.25) is 4.90 Å². The van der Waals surface area contributed by atoms with Gasteiger partial charge in [-0.1, -0.05) is 30.3 Å². The Bertz CT molecular complexity index is 524. The van der Waals surface area contributed by atoms with E-state index in [9.17, 15) is 9.59 Å². The smallest absolute Gasteiger partial charge is 0.336 e. The highest BCUT2D eigenvalue weighted by molar-refractivity contribution is 5.76. The second kappa shape index (κ2) is 9.39. The molecule has 1 aromatic carbocycles. The Kier molecular flexibility index (Phi) is 7.88. The molecule has 1 rings (SSSR count). The Morgan fingerprint density at radius 3 is 2.33 bits per heavy atom. The molecule has 0 saturated carbocycles. The van der Waals surface area contributed by atoms with Gasteiger partial charge in [-0.15, -0.1) is 0 Å². The van der Waals surface area contributed by atoms with Crippen molar-refractivity contribution < 1.29 is 23.8 Å². The lowest BCUT2D eigenvalue weighted by Crippen LogP contribution is -2.39. The van der Waals surface area contributed by atoms with Crippen LogP contribution in [0.25, 0.3) is 0 Å². The zero-order valence-electron chi connectivity index (χ0n) is 15.1. The van der Waals surface area contributed by atoms with Gasteiger partial charge in [-0.2, -0.15) is 0 Å². The van der Waals surface area contributed by atoms with E-state index in [4.69, 9.17) is 14.2 Å². The van der Waals surface area contributed by atoms with Crippen LogP contribution in [0.1, 0.15) is 26.3 Å². The lowest BCUT2D eigenvalue weighted by Gasteiger charge is -2.24. The van der Waals surface area contributed by atoms with E-state index in [1.54, 1.807) is 20.8 Å². The number of methoxy groups -OCH3 is 1. The first-order valence-electron chi connectivity index (χ1n) is 7.85. The molecular formula is C18H27NO5. The van der Waals surface area contributed by atoms with Crippen LogP contribution in [0.4, 0.5) is 0 Å². The molecule has 24 heavy (non-hydrogen) atoms. The van der Waals surface area contributed by atoms with E-state index in [2.05, 4.69) is 0 Å². The lowest BCUT2D eigenvalue weighted by atomic mass is 10.2. The second-order valence-electron chi connectivity index (χ2n) is 6.59. The van der Waals surface area contributed by atoms with Gasteiger partial charge in [0.2, 0.25) is 0 Å². The minimum absolute atomic E-state index is 0.295. The summed E-state index contributed by atoms with van der Waals surface area (Å²) in [5.41, 5.74) is 0.529. The van der Waals surface area contributed by atoms with Crippen molar-refractivity contribution in [2.45, 2.75) is 39.0 Å². The number of likely N-dealkylation sites (N-methyl/N-ethyl adjacent to an activating group) is 1. The van der Waals surface area contributed by atoms with E-state index in [0.29, 0.717) is 13.1 Å². The van der Waals surface area contributed by atoms with Crippen LogP contribution in [0.5, 0.6) is 0 Å². The summed E-state index contributed by atoms with van der Waals surface area (Å²) < 4.78 is 15.3. The monoisotopic (exact) mass is 337 g/mol. The van der Waals surface area contributed by atoms with Crippen molar-refractivity contribution in [3.05, 3.63) is 35.9 Å². The Balaban J connectivity index is 2.55. The standard InChI is InChI=1S/C18H27NO5/c1-18(2,3)24-16(20)13-23-15(17(21)22-5)12-19(4)11-14-9-7-6-8-10-14/h6-10,15H,11-13H2,1-5H3/t15-/m1/s1. The largest absolute Gasteiger partial charge is 0.467 e. The van der Waals surface area contributed by atoms with E-state index in [1.807, 2.05) is 42.3 Å². The van der Waals surface area contributed by atoms with Gasteiger partial charge in [0, 0.05) is 13.1 Å². The number of carbonyl (C=O) groups excluding carboxylic acids is 2. The van der Waals surface area contributed by atoms with E-state index in [0.717, 1.165) is 5.56 Å². The third-order valence-corrected chi connectivity index (χ3v) is 3.06. The molecule has 0 aliphatic carbocycles. The Morgan fingerprint density at radius 1 is 1.17 bits per heavy atom. The summed E-state index contributed by atoms with van der Waals surface area (Å²) in [7, 11) is 3.17.